The largest absolute Gasteiger partial charge is 0.480 e. The quantitative estimate of drug-likeness (QED) is 0.918. The minimum atomic E-state index is -0.752. The van der Waals surface area contributed by atoms with Crippen molar-refractivity contribution in [2.75, 3.05) is 26.2 Å². The summed E-state index contributed by atoms with van der Waals surface area (Å²) in [6.07, 6.45) is 0. The molecule has 1 fully saturated rings. The van der Waals surface area contributed by atoms with Crippen LogP contribution in [-0.2, 0) is 4.79 Å². The molecular formula is C20H24N2O2. The number of carbonyl (C=O) groups is 1. The first kappa shape index (κ1) is 16.7. The van der Waals surface area contributed by atoms with Gasteiger partial charge in [0.2, 0.25) is 0 Å². The van der Waals surface area contributed by atoms with Gasteiger partial charge in [-0.2, -0.15) is 0 Å². The van der Waals surface area contributed by atoms with Crippen molar-refractivity contribution >= 4 is 5.97 Å². The molecule has 1 heterocycles. The summed E-state index contributed by atoms with van der Waals surface area (Å²) in [4.78, 5) is 15.5. The van der Waals surface area contributed by atoms with E-state index in [4.69, 9.17) is 5.11 Å². The third-order valence-electron chi connectivity index (χ3n) is 4.73. The van der Waals surface area contributed by atoms with Crippen LogP contribution in [0.15, 0.2) is 60.7 Å². The van der Waals surface area contributed by atoms with Gasteiger partial charge in [0, 0.05) is 25.7 Å². The molecule has 1 saturated heterocycles. The second-order valence-corrected chi connectivity index (χ2v) is 6.43. The van der Waals surface area contributed by atoms with Crippen LogP contribution in [0, 0.1) is 0 Å². The molecule has 1 aliphatic heterocycles. The predicted octanol–water partition coefficient (Wildman–Crippen LogP) is 2.87. The van der Waals surface area contributed by atoms with Gasteiger partial charge >= 0.3 is 5.97 Å². The van der Waals surface area contributed by atoms with E-state index in [-0.39, 0.29) is 18.6 Å². The van der Waals surface area contributed by atoms with Crippen LogP contribution < -0.4 is 0 Å². The van der Waals surface area contributed by atoms with Crippen LogP contribution in [0.25, 0.3) is 0 Å². The standard InChI is InChI=1S/C20H24N2O2/c1-16-14-22(13-12-21(16)15-19(23)24)20(17-8-4-2-5-9-17)18-10-6-3-7-11-18/h2-11,16,20H,12-15H2,1H3,(H,23,24)/t16-/m0/s1. The summed E-state index contributed by atoms with van der Waals surface area (Å²) >= 11 is 0. The van der Waals surface area contributed by atoms with E-state index in [9.17, 15) is 4.79 Å². The van der Waals surface area contributed by atoms with E-state index in [2.05, 4.69) is 60.4 Å². The van der Waals surface area contributed by atoms with E-state index in [1.165, 1.54) is 11.1 Å². The van der Waals surface area contributed by atoms with Crippen molar-refractivity contribution < 1.29 is 9.90 Å². The molecule has 24 heavy (non-hydrogen) atoms. The molecule has 0 unspecified atom stereocenters. The lowest BCUT2D eigenvalue weighted by atomic mass is 9.95. The van der Waals surface area contributed by atoms with Crippen molar-refractivity contribution in [2.45, 2.75) is 19.0 Å². The molecule has 1 N–H and O–H groups in total. The number of carboxylic acids is 1. The topological polar surface area (TPSA) is 43.8 Å². The highest BCUT2D eigenvalue weighted by Gasteiger charge is 2.30. The van der Waals surface area contributed by atoms with Crippen molar-refractivity contribution in [3.63, 3.8) is 0 Å². The summed E-state index contributed by atoms with van der Waals surface area (Å²) in [5, 5.41) is 9.06. The highest BCUT2D eigenvalue weighted by molar-refractivity contribution is 5.69. The maximum atomic E-state index is 11.0. The molecule has 0 spiro atoms. The molecule has 2 aromatic carbocycles. The number of benzene rings is 2. The van der Waals surface area contributed by atoms with Crippen LogP contribution in [0.5, 0.6) is 0 Å². The summed E-state index contributed by atoms with van der Waals surface area (Å²) in [5.41, 5.74) is 2.56. The van der Waals surface area contributed by atoms with Crippen molar-refractivity contribution in [3.8, 4) is 0 Å². The van der Waals surface area contributed by atoms with Gasteiger partial charge in [-0.3, -0.25) is 14.6 Å². The number of hydrogen-bond donors (Lipinski definition) is 1. The fraction of sp³-hybridized carbons (Fsp3) is 0.350. The Kier molecular flexibility index (Phi) is 5.28. The van der Waals surface area contributed by atoms with Crippen molar-refractivity contribution in [1.82, 2.24) is 9.80 Å². The SMILES string of the molecule is C[C@H]1CN(C(c2ccccc2)c2ccccc2)CCN1CC(=O)O. The van der Waals surface area contributed by atoms with Crippen molar-refractivity contribution in [1.29, 1.82) is 0 Å². The first-order valence-corrected chi connectivity index (χ1v) is 8.45. The van der Waals surface area contributed by atoms with Gasteiger partial charge in [-0.05, 0) is 18.1 Å². The van der Waals surface area contributed by atoms with Crippen LogP contribution in [0.2, 0.25) is 0 Å². The zero-order valence-corrected chi connectivity index (χ0v) is 14.0. The van der Waals surface area contributed by atoms with Gasteiger partial charge in [0.25, 0.3) is 0 Å². The van der Waals surface area contributed by atoms with E-state index < -0.39 is 5.97 Å². The van der Waals surface area contributed by atoms with Gasteiger partial charge < -0.3 is 5.11 Å². The molecule has 4 nitrogen and oxygen atoms in total. The predicted molar refractivity (Wildman–Crippen MR) is 95.0 cm³/mol. The Morgan fingerprint density at radius 1 is 1.04 bits per heavy atom. The molecule has 1 aliphatic rings. The Morgan fingerprint density at radius 3 is 2.04 bits per heavy atom. The van der Waals surface area contributed by atoms with Gasteiger partial charge in [-0.25, -0.2) is 0 Å². The Labute approximate surface area is 143 Å². The Bertz CT molecular complexity index is 620. The molecule has 0 radical (unpaired) electrons. The fourth-order valence-corrected chi connectivity index (χ4v) is 3.55. The van der Waals surface area contributed by atoms with Gasteiger partial charge in [-0.1, -0.05) is 60.7 Å². The number of carboxylic acid groups (broad SMARTS) is 1. The molecule has 2 aromatic rings. The normalized spacial score (nSPS) is 19.5. The van der Waals surface area contributed by atoms with Gasteiger partial charge in [0.05, 0.1) is 12.6 Å². The van der Waals surface area contributed by atoms with Gasteiger partial charge in [0.15, 0.2) is 0 Å². The number of aliphatic carboxylic acids is 1. The van der Waals surface area contributed by atoms with Crippen LogP contribution in [-0.4, -0.2) is 53.1 Å². The lowest BCUT2D eigenvalue weighted by molar-refractivity contribution is -0.139. The smallest absolute Gasteiger partial charge is 0.317 e. The minimum absolute atomic E-state index is 0.121. The van der Waals surface area contributed by atoms with Crippen molar-refractivity contribution in [3.05, 3.63) is 71.8 Å². The second-order valence-electron chi connectivity index (χ2n) is 6.43. The maximum Gasteiger partial charge on any atom is 0.317 e. The second kappa shape index (κ2) is 7.60. The van der Waals surface area contributed by atoms with E-state index in [0.29, 0.717) is 0 Å². The molecule has 1 atom stereocenters. The maximum absolute atomic E-state index is 11.0. The number of hydrogen-bond acceptors (Lipinski definition) is 3. The molecule has 0 bridgehead atoms. The molecule has 3 rings (SSSR count). The minimum Gasteiger partial charge on any atom is -0.480 e. The summed E-state index contributed by atoms with van der Waals surface area (Å²) < 4.78 is 0. The van der Waals surface area contributed by atoms with Gasteiger partial charge in [-0.15, -0.1) is 0 Å². The third kappa shape index (κ3) is 3.83. The highest BCUT2D eigenvalue weighted by Crippen LogP contribution is 2.30. The third-order valence-corrected chi connectivity index (χ3v) is 4.73. The lowest BCUT2D eigenvalue weighted by Gasteiger charge is -2.43. The van der Waals surface area contributed by atoms with Crippen LogP contribution >= 0.6 is 0 Å². The number of piperazine rings is 1. The fourth-order valence-electron chi connectivity index (χ4n) is 3.55. The Morgan fingerprint density at radius 2 is 1.58 bits per heavy atom. The first-order chi connectivity index (χ1) is 11.6. The highest BCUT2D eigenvalue weighted by atomic mass is 16.4. The lowest BCUT2D eigenvalue weighted by Crippen LogP contribution is -2.54. The Hall–Kier alpha value is -2.17. The number of rotatable bonds is 5. The van der Waals surface area contributed by atoms with E-state index in [0.717, 1.165) is 19.6 Å². The molecular weight excluding hydrogens is 300 g/mol. The first-order valence-electron chi connectivity index (χ1n) is 8.45. The summed E-state index contributed by atoms with van der Waals surface area (Å²) in [7, 11) is 0. The molecule has 0 amide bonds. The molecule has 0 saturated carbocycles. The summed E-state index contributed by atoms with van der Waals surface area (Å²) in [6.45, 7) is 4.75. The molecule has 4 heteroatoms. The van der Waals surface area contributed by atoms with E-state index >= 15 is 0 Å². The zero-order chi connectivity index (χ0) is 16.9. The molecule has 0 aromatic heterocycles. The molecule has 0 aliphatic carbocycles. The zero-order valence-electron chi connectivity index (χ0n) is 14.0. The van der Waals surface area contributed by atoms with Crippen molar-refractivity contribution in [2.24, 2.45) is 0 Å². The van der Waals surface area contributed by atoms with E-state index in [1.54, 1.807) is 0 Å². The van der Waals surface area contributed by atoms with Gasteiger partial charge in [0.1, 0.15) is 0 Å². The summed E-state index contributed by atoms with van der Waals surface area (Å²) in [6, 6.07) is 21.5. The van der Waals surface area contributed by atoms with Crippen LogP contribution in [0.3, 0.4) is 0 Å². The monoisotopic (exact) mass is 324 g/mol. The average molecular weight is 324 g/mol. The molecule has 126 valence electrons. The number of nitrogens with zero attached hydrogens (tertiary/aromatic N) is 2. The van der Waals surface area contributed by atoms with Crippen LogP contribution in [0.4, 0.5) is 0 Å². The van der Waals surface area contributed by atoms with E-state index in [1.807, 2.05) is 17.0 Å². The van der Waals surface area contributed by atoms with Crippen LogP contribution in [0.1, 0.15) is 24.1 Å². The average Bonchev–Trinajstić information content (AvgIpc) is 2.59. The Balaban J connectivity index is 1.84. The summed E-state index contributed by atoms with van der Waals surface area (Å²) in [5.74, 6) is -0.752.